The molecule has 2 aliphatic rings. The van der Waals surface area contributed by atoms with Gasteiger partial charge in [0.1, 0.15) is 13.2 Å². The summed E-state index contributed by atoms with van der Waals surface area (Å²) in [6.07, 6.45) is 3.54. The minimum atomic E-state index is 0.581. The van der Waals surface area contributed by atoms with E-state index in [-0.39, 0.29) is 0 Å². The Hall–Kier alpha value is -1.42. The van der Waals surface area contributed by atoms with E-state index in [1.165, 1.54) is 18.4 Å². The maximum atomic E-state index is 5.65. The zero-order valence-electron chi connectivity index (χ0n) is 10.7. The molecule has 1 aromatic rings. The third-order valence-electron chi connectivity index (χ3n) is 3.53. The lowest BCUT2D eigenvalue weighted by molar-refractivity contribution is 0.165. The lowest BCUT2D eigenvalue weighted by atomic mass is 10.0. The number of hydrogen-bond donors (Lipinski definition) is 1. The van der Waals surface area contributed by atoms with Crippen molar-refractivity contribution in [1.29, 1.82) is 0 Å². The van der Waals surface area contributed by atoms with Crippen LogP contribution in [0.2, 0.25) is 0 Å². The molecule has 0 aromatic heterocycles. The van der Waals surface area contributed by atoms with Crippen LogP contribution >= 0.6 is 0 Å². The van der Waals surface area contributed by atoms with Crippen molar-refractivity contribution in [3.05, 3.63) is 17.7 Å². The van der Waals surface area contributed by atoms with Crippen LogP contribution in [0.4, 0.5) is 0 Å². The summed E-state index contributed by atoms with van der Waals surface area (Å²) in [5.41, 5.74) is 1.25. The van der Waals surface area contributed by atoms with Crippen LogP contribution in [0.25, 0.3) is 0 Å². The second kappa shape index (κ2) is 5.06. The van der Waals surface area contributed by atoms with Crippen LogP contribution in [0.1, 0.15) is 18.4 Å². The molecule has 0 aliphatic carbocycles. The molecule has 4 heteroatoms. The maximum Gasteiger partial charge on any atom is 0.203 e. The van der Waals surface area contributed by atoms with E-state index in [4.69, 9.17) is 14.2 Å². The Morgan fingerprint density at radius 2 is 2.22 bits per heavy atom. The zero-order chi connectivity index (χ0) is 12.4. The molecule has 1 atom stereocenters. The summed E-state index contributed by atoms with van der Waals surface area (Å²) in [5.74, 6) is 2.33. The highest BCUT2D eigenvalue weighted by Crippen LogP contribution is 2.40. The van der Waals surface area contributed by atoms with Crippen molar-refractivity contribution < 1.29 is 14.2 Å². The summed E-state index contributed by atoms with van der Waals surface area (Å²) in [6, 6.07) is 4.72. The molecule has 0 radical (unpaired) electrons. The summed E-state index contributed by atoms with van der Waals surface area (Å²) in [4.78, 5) is 0. The van der Waals surface area contributed by atoms with Gasteiger partial charge in [-0.3, -0.25) is 0 Å². The first-order valence-electron chi connectivity index (χ1n) is 6.56. The van der Waals surface area contributed by atoms with Gasteiger partial charge in [0, 0.05) is 6.04 Å². The molecule has 3 rings (SSSR count). The van der Waals surface area contributed by atoms with Gasteiger partial charge in [-0.05, 0) is 43.5 Å². The Kier molecular flexibility index (Phi) is 3.28. The number of hydrogen-bond acceptors (Lipinski definition) is 4. The van der Waals surface area contributed by atoms with Gasteiger partial charge in [0.05, 0.1) is 7.11 Å². The summed E-state index contributed by atoms with van der Waals surface area (Å²) >= 11 is 0. The third-order valence-corrected chi connectivity index (χ3v) is 3.53. The van der Waals surface area contributed by atoms with E-state index in [1.807, 2.05) is 0 Å². The SMILES string of the molecule is COc1cc(CC2CCCN2)cc2c1OCCO2. The van der Waals surface area contributed by atoms with Gasteiger partial charge in [0.2, 0.25) is 5.75 Å². The normalized spacial score (nSPS) is 21.9. The first-order valence-corrected chi connectivity index (χ1v) is 6.56. The van der Waals surface area contributed by atoms with Crippen LogP contribution in [0, 0.1) is 0 Å². The van der Waals surface area contributed by atoms with Gasteiger partial charge >= 0.3 is 0 Å². The number of nitrogens with one attached hydrogen (secondary N) is 1. The van der Waals surface area contributed by atoms with Crippen LogP contribution in [0.5, 0.6) is 17.2 Å². The van der Waals surface area contributed by atoms with Crippen LogP contribution < -0.4 is 19.5 Å². The van der Waals surface area contributed by atoms with Gasteiger partial charge in [-0.15, -0.1) is 0 Å². The van der Waals surface area contributed by atoms with E-state index in [0.717, 1.165) is 30.2 Å². The molecule has 1 unspecified atom stereocenters. The van der Waals surface area contributed by atoms with E-state index in [0.29, 0.717) is 19.3 Å². The highest BCUT2D eigenvalue weighted by molar-refractivity contribution is 5.54. The van der Waals surface area contributed by atoms with Gasteiger partial charge in [-0.25, -0.2) is 0 Å². The van der Waals surface area contributed by atoms with Crippen molar-refractivity contribution in [1.82, 2.24) is 5.32 Å². The second-order valence-corrected chi connectivity index (χ2v) is 4.82. The van der Waals surface area contributed by atoms with E-state index in [2.05, 4.69) is 17.4 Å². The van der Waals surface area contributed by atoms with Crippen molar-refractivity contribution in [2.75, 3.05) is 26.9 Å². The Morgan fingerprint density at radius 3 is 3.00 bits per heavy atom. The smallest absolute Gasteiger partial charge is 0.203 e. The van der Waals surface area contributed by atoms with E-state index in [1.54, 1.807) is 7.11 Å². The predicted octanol–water partition coefficient (Wildman–Crippen LogP) is 1.76. The molecule has 1 saturated heterocycles. The summed E-state index contributed by atoms with van der Waals surface area (Å²) < 4.78 is 16.6. The molecule has 0 bridgehead atoms. The molecule has 1 N–H and O–H groups in total. The third kappa shape index (κ3) is 2.25. The van der Waals surface area contributed by atoms with E-state index < -0.39 is 0 Å². The number of methoxy groups -OCH3 is 1. The minimum absolute atomic E-state index is 0.581. The Balaban J connectivity index is 1.85. The lowest BCUT2D eigenvalue weighted by Crippen LogP contribution is -2.24. The molecule has 0 amide bonds. The van der Waals surface area contributed by atoms with E-state index >= 15 is 0 Å². The van der Waals surface area contributed by atoms with Gasteiger partial charge in [-0.2, -0.15) is 0 Å². The molecule has 0 spiro atoms. The lowest BCUT2D eigenvalue weighted by Gasteiger charge is -2.22. The fourth-order valence-corrected chi connectivity index (χ4v) is 2.66. The van der Waals surface area contributed by atoms with Crippen LogP contribution in [0.3, 0.4) is 0 Å². The van der Waals surface area contributed by atoms with Gasteiger partial charge in [0.15, 0.2) is 11.5 Å². The zero-order valence-corrected chi connectivity index (χ0v) is 10.7. The first-order chi connectivity index (χ1) is 8.86. The molecule has 4 nitrogen and oxygen atoms in total. The summed E-state index contributed by atoms with van der Waals surface area (Å²) in [5, 5.41) is 3.51. The molecular formula is C14H19NO3. The summed E-state index contributed by atoms with van der Waals surface area (Å²) in [7, 11) is 1.67. The largest absolute Gasteiger partial charge is 0.493 e. The average molecular weight is 249 g/mol. The van der Waals surface area contributed by atoms with Gasteiger partial charge in [-0.1, -0.05) is 0 Å². The number of ether oxygens (including phenoxy) is 3. The number of rotatable bonds is 3. The Bertz CT molecular complexity index is 410. The van der Waals surface area contributed by atoms with Crippen molar-refractivity contribution in [3.63, 3.8) is 0 Å². The molecule has 0 saturated carbocycles. The Labute approximate surface area is 107 Å². The number of fused-ring (bicyclic) bond motifs is 1. The fourth-order valence-electron chi connectivity index (χ4n) is 2.66. The quantitative estimate of drug-likeness (QED) is 0.886. The minimum Gasteiger partial charge on any atom is -0.493 e. The Morgan fingerprint density at radius 1 is 1.33 bits per heavy atom. The van der Waals surface area contributed by atoms with E-state index in [9.17, 15) is 0 Å². The molecule has 18 heavy (non-hydrogen) atoms. The van der Waals surface area contributed by atoms with Crippen molar-refractivity contribution in [3.8, 4) is 17.2 Å². The van der Waals surface area contributed by atoms with Crippen LogP contribution in [0.15, 0.2) is 12.1 Å². The average Bonchev–Trinajstić information content (AvgIpc) is 2.90. The second-order valence-electron chi connectivity index (χ2n) is 4.82. The molecular weight excluding hydrogens is 230 g/mol. The maximum absolute atomic E-state index is 5.65. The van der Waals surface area contributed by atoms with Crippen molar-refractivity contribution in [2.45, 2.75) is 25.3 Å². The predicted molar refractivity (Wildman–Crippen MR) is 68.7 cm³/mol. The van der Waals surface area contributed by atoms with Gasteiger partial charge in [0.25, 0.3) is 0 Å². The van der Waals surface area contributed by atoms with Crippen molar-refractivity contribution in [2.24, 2.45) is 0 Å². The van der Waals surface area contributed by atoms with Crippen molar-refractivity contribution >= 4 is 0 Å². The molecule has 2 heterocycles. The topological polar surface area (TPSA) is 39.7 Å². The molecule has 1 fully saturated rings. The standard InChI is InChI=1S/C14H19NO3/c1-16-12-8-10(7-11-3-2-4-15-11)9-13-14(12)18-6-5-17-13/h8-9,11,15H,2-7H2,1H3. The first kappa shape index (κ1) is 11.7. The molecule has 1 aromatic carbocycles. The highest BCUT2D eigenvalue weighted by Gasteiger charge is 2.20. The fraction of sp³-hybridized carbons (Fsp3) is 0.571. The van der Waals surface area contributed by atoms with Crippen LogP contribution in [-0.4, -0.2) is 32.9 Å². The monoisotopic (exact) mass is 249 g/mol. The van der Waals surface area contributed by atoms with Crippen LogP contribution in [-0.2, 0) is 6.42 Å². The summed E-state index contributed by atoms with van der Waals surface area (Å²) in [6.45, 7) is 2.33. The number of benzene rings is 1. The molecule has 2 aliphatic heterocycles. The van der Waals surface area contributed by atoms with Gasteiger partial charge < -0.3 is 19.5 Å². The highest BCUT2D eigenvalue weighted by atomic mass is 16.6. The molecule has 98 valence electrons.